The molecule has 34 heavy (non-hydrogen) atoms. The standard InChI is InChI=1S/C25H31ClN2O5S/c1-4-28(34(30,31)22-10-6-5-9-18(22)26)13-8-7-12-27-14-11-17-15-21(32-2)25(33-3)24-20(29)16-19(27)23(17)24/h5-6,9-10,15,19H,4,7-8,11-14,16H2,1-3H3. The van der Waals surface area contributed by atoms with Gasteiger partial charge in [0.25, 0.3) is 0 Å². The van der Waals surface area contributed by atoms with Gasteiger partial charge in [-0.05, 0) is 55.1 Å². The van der Waals surface area contributed by atoms with Gasteiger partial charge >= 0.3 is 0 Å². The zero-order valence-corrected chi connectivity index (χ0v) is 21.4. The summed E-state index contributed by atoms with van der Waals surface area (Å²) >= 11 is 6.15. The van der Waals surface area contributed by atoms with Crippen molar-refractivity contribution < 1.29 is 22.7 Å². The zero-order chi connectivity index (χ0) is 24.5. The van der Waals surface area contributed by atoms with E-state index in [0.717, 1.165) is 43.5 Å². The van der Waals surface area contributed by atoms with Gasteiger partial charge in [-0.3, -0.25) is 9.69 Å². The zero-order valence-electron chi connectivity index (χ0n) is 19.8. The molecule has 9 heteroatoms. The van der Waals surface area contributed by atoms with Crippen LogP contribution in [0.3, 0.4) is 0 Å². The summed E-state index contributed by atoms with van der Waals surface area (Å²) in [4.78, 5) is 15.4. The first-order valence-corrected chi connectivity index (χ1v) is 13.4. The van der Waals surface area contributed by atoms with Gasteiger partial charge in [-0.25, -0.2) is 8.42 Å². The second kappa shape index (κ2) is 10.2. The number of halogens is 1. The highest BCUT2D eigenvalue weighted by molar-refractivity contribution is 7.89. The molecule has 2 aromatic carbocycles. The molecule has 4 rings (SSSR count). The predicted octanol–water partition coefficient (Wildman–Crippen LogP) is 4.33. The molecule has 0 saturated heterocycles. The molecular formula is C25H31ClN2O5S. The maximum absolute atomic E-state index is 13.0. The van der Waals surface area contributed by atoms with Crippen molar-refractivity contribution in [1.82, 2.24) is 9.21 Å². The third-order valence-electron chi connectivity index (χ3n) is 6.81. The van der Waals surface area contributed by atoms with Gasteiger partial charge in [0.2, 0.25) is 10.0 Å². The number of sulfonamides is 1. The van der Waals surface area contributed by atoms with Crippen molar-refractivity contribution in [3.8, 4) is 11.5 Å². The molecule has 0 bridgehead atoms. The van der Waals surface area contributed by atoms with Gasteiger partial charge in [0, 0.05) is 32.1 Å². The van der Waals surface area contributed by atoms with Crippen molar-refractivity contribution in [3.63, 3.8) is 0 Å². The summed E-state index contributed by atoms with van der Waals surface area (Å²) in [7, 11) is -0.479. The fraction of sp³-hybridized carbons (Fsp3) is 0.480. The van der Waals surface area contributed by atoms with Crippen molar-refractivity contribution >= 4 is 27.4 Å². The molecule has 1 aliphatic carbocycles. The molecule has 1 heterocycles. The highest BCUT2D eigenvalue weighted by atomic mass is 35.5. The minimum absolute atomic E-state index is 0.0418. The number of hydrogen-bond acceptors (Lipinski definition) is 6. The summed E-state index contributed by atoms with van der Waals surface area (Å²) < 4.78 is 38.6. The molecule has 1 atom stereocenters. The minimum atomic E-state index is -3.64. The molecule has 0 spiro atoms. The summed E-state index contributed by atoms with van der Waals surface area (Å²) in [5, 5.41) is 0.238. The number of hydrogen-bond donors (Lipinski definition) is 0. The Morgan fingerprint density at radius 1 is 1.18 bits per heavy atom. The lowest BCUT2D eigenvalue weighted by Gasteiger charge is -2.35. The molecule has 0 saturated carbocycles. The van der Waals surface area contributed by atoms with Crippen LogP contribution in [0.1, 0.15) is 53.7 Å². The smallest absolute Gasteiger partial charge is 0.244 e. The van der Waals surface area contributed by atoms with Crippen LogP contribution in [0.25, 0.3) is 0 Å². The van der Waals surface area contributed by atoms with Crippen molar-refractivity contribution in [2.45, 2.75) is 43.5 Å². The second-order valence-corrected chi connectivity index (χ2v) is 10.9. The number of unbranched alkanes of at least 4 members (excludes halogenated alkanes) is 1. The number of carbonyl (C=O) groups excluding carboxylic acids is 1. The molecule has 0 amide bonds. The molecule has 1 aliphatic heterocycles. The van der Waals surface area contributed by atoms with Crippen LogP contribution in [-0.2, 0) is 16.4 Å². The Kier molecular flexibility index (Phi) is 7.52. The van der Waals surface area contributed by atoms with Crippen molar-refractivity contribution in [2.75, 3.05) is 40.4 Å². The Morgan fingerprint density at radius 3 is 2.62 bits per heavy atom. The molecule has 7 nitrogen and oxygen atoms in total. The van der Waals surface area contributed by atoms with E-state index in [1.807, 2.05) is 13.0 Å². The number of Topliss-reactive ketones (excluding diaryl/α,β-unsaturated/α-hetero) is 1. The maximum Gasteiger partial charge on any atom is 0.244 e. The van der Waals surface area contributed by atoms with Crippen molar-refractivity contribution in [3.05, 3.63) is 52.0 Å². The number of ketones is 1. The van der Waals surface area contributed by atoms with Crippen LogP contribution >= 0.6 is 11.6 Å². The fourth-order valence-electron chi connectivity index (χ4n) is 5.15. The Morgan fingerprint density at radius 2 is 1.94 bits per heavy atom. The quantitative estimate of drug-likeness (QED) is 0.446. The third kappa shape index (κ3) is 4.44. The summed E-state index contributed by atoms with van der Waals surface area (Å²) in [5.41, 5.74) is 2.89. The first kappa shape index (κ1) is 25.0. The highest BCUT2D eigenvalue weighted by Crippen LogP contribution is 2.48. The van der Waals surface area contributed by atoms with Crippen LogP contribution in [0.4, 0.5) is 0 Å². The summed E-state index contributed by atoms with van der Waals surface area (Å²) in [6.45, 7) is 4.30. The molecule has 0 aromatic heterocycles. The van der Waals surface area contributed by atoms with Crippen LogP contribution in [-0.4, -0.2) is 63.8 Å². The van der Waals surface area contributed by atoms with E-state index < -0.39 is 10.0 Å². The van der Waals surface area contributed by atoms with Crippen molar-refractivity contribution in [1.29, 1.82) is 0 Å². The van der Waals surface area contributed by atoms with Crippen LogP contribution in [0.2, 0.25) is 5.02 Å². The van der Waals surface area contributed by atoms with E-state index in [1.165, 1.54) is 4.31 Å². The summed E-state index contributed by atoms with van der Waals surface area (Å²) in [6.07, 6.45) is 2.83. The number of carbonyl (C=O) groups is 1. The molecule has 0 fully saturated rings. The average molecular weight is 507 g/mol. The lowest BCUT2D eigenvalue weighted by atomic mass is 9.92. The second-order valence-electron chi connectivity index (χ2n) is 8.62. The van der Waals surface area contributed by atoms with Crippen LogP contribution in [0, 0.1) is 0 Å². The number of ether oxygens (including phenoxy) is 2. The normalized spacial score (nSPS) is 17.8. The van der Waals surface area contributed by atoms with E-state index in [2.05, 4.69) is 4.90 Å². The Labute approximate surface area is 206 Å². The molecule has 2 aliphatic rings. The first-order chi connectivity index (χ1) is 16.3. The molecule has 1 unspecified atom stereocenters. The van der Waals surface area contributed by atoms with Crippen LogP contribution in [0.15, 0.2) is 35.2 Å². The van der Waals surface area contributed by atoms with Crippen molar-refractivity contribution in [2.24, 2.45) is 0 Å². The lowest BCUT2D eigenvalue weighted by Crippen LogP contribution is -2.36. The predicted molar refractivity (Wildman–Crippen MR) is 132 cm³/mol. The SMILES string of the molecule is CCN(CCCCN1CCc2cc(OC)c(OC)c3c2C1CC3=O)S(=O)(=O)c1ccccc1Cl. The van der Waals surface area contributed by atoms with Crippen LogP contribution in [0.5, 0.6) is 11.5 Å². The van der Waals surface area contributed by atoms with Gasteiger partial charge in [0.15, 0.2) is 17.3 Å². The highest BCUT2D eigenvalue weighted by Gasteiger charge is 2.41. The van der Waals surface area contributed by atoms with Gasteiger partial charge < -0.3 is 9.47 Å². The van der Waals surface area contributed by atoms with Gasteiger partial charge in [0.05, 0.1) is 24.8 Å². The lowest BCUT2D eigenvalue weighted by molar-refractivity contribution is 0.0946. The third-order valence-corrected chi connectivity index (χ3v) is 9.28. The first-order valence-electron chi connectivity index (χ1n) is 11.6. The number of benzene rings is 2. The van der Waals surface area contributed by atoms with Gasteiger partial charge in [0.1, 0.15) is 4.90 Å². The Balaban J connectivity index is 1.42. The van der Waals surface area contributed by atoms with Gasteiger partial charge in [-0.2, -0.15) is 4.31 Å². The van der Waals surface area contributed by atoms with Crippen LogP contribution < -0.4 is 9.47 Å². The molecule has 0 radical (unpaired) electrons. The molecule has 0 N–H and O–H groups in total. The number of rotatable bonds is 10. The average Bonchev–Trinajstić information content (AvgIpc) is 3.18. The Hall–Kier alpha value is -2.13. The van der Waals surface area contributed by atoms with E-state index in [9.17, 15) is 13.2 Å². The number of nitrogens with zero attached hydrogens (tertiary/aromatic N) is 2. The summed E-state index contributed by atoms with van der Waals surface area (Å²) in [6, 6.07) is 8.59. The van der Waals surface area contributed by atoms with E-state index in [0.29, 0.717) is 36.6 Å². The van der Waals surface area contributed by atoms with E-state index in [-0.39, 0.29) is 21.7 Å². The topological polar surface area (TPSA) is 76.2 Å². The summed E-state index contributed by atoms with van der Waals surface area (Å²) in [5.74, 6) is 1.23. The van der Waals surface area contributed by atoms with E-state index in [1.54, 1.807) is 38.5 Å². The van der Waals surface area contributed by atoms with Gasteiger partial charge in [-0.15, -0.1) is 0 Å². The monoisotopic (exact) mass is 506 g/mol. The van der Waals surface area contributed by atoms with E-state index in [4.69, 9.17) is 21.1 Å². The maximum atomic E-state index is 13.0. The minimum Gasteiger partial charge on any atom is -0.493 e. The largest absolute Gasteiger partial charge is 0.493 e. The van der Waals surface area contributed by atoms with E-state index >= 15 is 0 Å². The fourth-order valence-corrected chi connectivity index (χ4v) is 7.13. The van der Waals surface area contributed by atoms with Gasteiger partial charge in [-0.1, -0.05) is 30.7 Å². The molecular weight excluding hydrogens is 476 g/mol. The molecule has 2 aromatic rings. The number of methoxy groups -OCH3 is 2. The molecule has 184 valence electrons. The Bertz CT molecular complexity index is 1180.